The van der Waals surface area contributed by atoms with Gasteiger partial charge in [0.25, 0.3) is 0 Å². The second kappa shape index (κ2) is 7.99. The van der Waals surface area contributed by atoms with Crippen molar-refractivity contribution in [1.82, 2.24) is 0 Å². The van der Waals surface area contributed by atoms with E-state index in [4.69, 9.17) is 9.47 Å². The number of rotatable bonds is 5. The zero-order chi connectivity index (χ0) is 23.5. The highest BCUT2D eigenvalue weighted by Crippen LogP contribution is 2.75. The summed E-state index contributed by atoms with van der Waals surface area (Å²) < 4.78 is 11.4. The van der Waals surface area contributed by atoms with Gasteiger partial charge in [0.15, 0.2) is 0 Å². The molecule has 0 saturated heterocycles. The normalized spacial score (nSPS) is 44.5. The van der Waals surface area contributed by atoms with Crippen LogP contribution in [0.15, 0.2) is 0 Å². The highest BCUT2D eigenvalue weighted by Gasteiger charge is 2.70. The fourth-order valence-electron chi connectivity index (χ4n) is 8.89. The second-order valence-corrected chi connectivity index (χ2v) is 12.9. The van der Waals surface area contributed by atoms with E-state index in [1.807, 2.05) is 0 Å². The Hall–Kier alpha value is -1.10. The molecule has 4 aliphatic carbocycles. The first-order valence-electron chi connectivity index (χ1n) is 12.9. The molecule has 0 aliphatic heterocycles. The number of hydrogen-bond donors (Lipinski definition) is 1. The number of carbonyl (C=O) groups is 2. The molecular weight excluding hydrogens is 404 g/mol. The maximum Gasteiger partial charge on any atom is 0.306 e. The molecule has 7 unspecified atom stereocenters. The minimum absolute atomic E-state index is 0.0125. The number of esters is 2. The van der Waals surface area contributed by atoms with E-state index in [9.17, 15) is 14.7 Å². The van der Waals surface area contributed by atoms with E-state index in [2.05, 4.69) is 34.6 Å². The smallest absolute Gasteiger partial charge is 0.306 e. The van der Waals surface area contributed by atoms with Crippen molar-refractivity contribution in [3.63, 3.8) is 0 Å². The lowest BCUT2D eigenvalue weighted by atomic mass is 9.38. The monoisotopic (exact) mass is 448 g/mol. The van der Waals surface area contributed by atoms with E-state index < -0.39 is 5.60 Å². The molecule has 0 aromatic rings. The Labute approximate surface area is 194 Å². The van der Waals surface area contributed by atoms with Crippen LogP contribution in [0, 0.1) is 39.9 Å². The number of carbonyl (C=O) groups excluding carboxylic acids is 2. The summed E-state index contributed by atoms with van der Waals surface area (Å²) in [7, 11) is 0. The Morgan fingerprint density at radius 1 is 1.00 bits per heavy atom. The van der Waals surface area contributed by atoms with Crippen molar-refractivity contribution in [1.29, 1.82) is 0 Å². The summed E-state index contributed by atoms with van der Waals surface area (Å²) in [5, 5.41) is 11.5. The predicted octanol–water partition coefficient (Wildman–Crippen LogP) is 5.28. The molecule has 5 nitrogen and oxygen atoms in total. The van der Waals surface area contributed by atoms with Gasteiger partial charge in [-0.1, -0.05) is 34.6 Å². The molecule has 0 aromatic carbocycles. The Morgan fingerprint density at radius 3 is 2.38 bits per heavy atom. The Morgan fingerprint density at radius 2 is 1.72 bits per heavy atom. The minimum atomic E-state index is -0.876. The molecule has 0 heterocycles. The van der Waals surface area contributed by atoms with Gasteiger partial charge >= 0.3 is 11.9 Å². The van der Waals surface area contributed by atoms with E-state index >= 15 is 0 Å². The summed E-state index contributed by atoms with van der Waals surface area (Å²) in [5.74, 6) is 1.14. The standard InChI is InChI=1S/C27H44O5/c1-17(2)13-23(29)32-22-10-11-25(6)21(24(22,4)5)8-7-19-15-27(30,16-31-18(3)28)20-9-12-26(19,25)14-20/h17,19-22,30H,7-16H2,1-6H3. The molecule has 4 fully saturated rings. The maximum absolute atomic E-state index is 12.5. The van der Waals surface area contributed by atoms with Gasteiger partial charge in [0.05, 0.1) is 0 Å². The summed E-state index contributed by atoms with van der Waals surface area (Å²) in [4.78, 5) is 23.9. The maximum atomic E-state index is 12.5. The van der Waals surface area contributed by atoms with Crippen LogP contribution < -0.4 is 0 Å². The van der Waals surface area contributed by atoms with Crippen LogP contribution in [-0.2, 0) is 19.1 Å². The summed E-state index contributed by atoms with van der Waals surface area (Å²) in [6, 6.07) is 0. The Balaban J connectivity index is 1.56. The second-order valence-electron chi connectivity index (χ2n) is 12.9. The van der Waals surface area contributed by atoms with Crippen LogP contribution in [0.1, 0.15) is 99.3 Å². The molecular formula is C27H44O5. The van der Waals surface area contributed by atoms with E-state index in [1.165, 1.54) is 6.92 Å². The van der Waals surface area contributed by atoms with E-state index in [0.29, 0.717) is 24.2 Å². The fourth-order valence-corrected chi connectivity index (χ4v) is 8.89. The Kier molecular flexibility index (Phi) is 6.00. The van der Waals surface area contributed by atoms with E-state index in [-0.39, 0.29) is 46.8 Å². The molecule has 7 atom stereocenters. The van der Waals surface area contributed by atoms with Gasteiger partial charge in [0.2, 0.25) is 0 Å². The van der Waals surface area contributed by atoms with Crippen molar-refractivity contribution in [3.05, 3.63) is 0 Å². The topological polar surface area (TPSA) is 72.8 Å². The lowest BCUT2D eigenvalue weighted by Crippen LogP contribution is -2.64. The number of aliphatic hydroxyl groups is 1. The van der Waals surface area contributed by atoms with Crippen molar-refractivity contribution in [3.8, 4) is 0 Å². The average molecular weight is 449 g/mol. The molecule has 5 heteroatoms. The van der Waals surface area contributed by atoms with Gasteiger partial charge < -0.3 is 14.6 Å². The highest BCUT2D eigenvalue weighted by molar-refractivity contribution is 5.69. The average Bonchev–Trinajstić information content (AvgIpc) is 3.09. The molecule has 4 rings (SSSR count). The van der Waals surface area contributed by atoms with Crippen LogP contribution in [0.3, 0.4) is 0 Å². The highest BCUT2D eigenvalue weighted by atomic mass is 16.5. The SMILES string of the molecule is CC(=O)OCC1(O)CC2CCC3C(C)(C)C(OC(=O)CC(C)C)CCC3(C)C23CCC1C3. The molecule has 4 saturated carbocycles. The van der Waals surface area contributed by atoms with Crippen molar-refractivity contribution < 1.29 is 24.2 Å². The molecule has 4 aliphatic rings. The third-order valence-electron chi connectivity index (χ3n) is 10.4. The third kappa shape index (κ3) is 3.61. The van der Waals surface area contributed by atoms with Gasteiger partial charge in [0, 0.05) is 18.8 Å². The lowest BCUT2D eigenvalue weighted by Gasteiger charge is -2.68. The molecule has 0 radical (unpaired) electrons. The van der Waals surface area contributed by atoms with Crippen LogP contribution in [0.4, 0.5) is 0 Å². The number of hydrogen-bond acceptors (Lipinski definition) is 5. The fraction of sp³-hybridized carbons (Fsp3) is 0.926. The van der Waals surface area contributed by atoms with Crippen LogP contribution in [0.5, 0.6) is 0 Å². The van der Waals surface area contributed by atoms with E-state index in [1.54, 1.807) is 0 Å². The van der Waals surface area contributed by atoms with Crippen LogP contribution in [-0.4, -0.2) is 35.4 Å². The quantitative estimate of drug-likeness (QED) is 0.579. The zero-order valence-electron chi connectivity index (χ0n) is 21.0. The molecule has 32 heavy (non-hydrogen) atoms. The van der Waals surface area contributed by atoms with Crippen molar-refractivity contribution in [2.24, 2.45) is 39.9 Å². The summed E-state index contributed by atoms with van der Waals surface area (Å²) in [6.07, 6.45) is 8.68. The predicted molar refractivity (Wildman–Crippen MR) is 123 cm³/mol. The summed E-state index contributed by atoms with van der Waals surface area (Å²) in [5.41, 5.74) is -0.493. The molecule has 1 N–H and O–H groups in total. The van der Waals surface area contributed by atoms with Gasteiger partial charge in [-0.05, 0) is 85.9 Å². The summed E-state index contributed by atoms with van der Waals surface area (Å²) >= 11 is 0. The van der Waals surface area contributed by atoms with Crippen LogP contribution in [0.2, 0.25) is 0 Å². The summed E-state index contributed by atoms with van der Waals surface area (Å²) in [6.45, 7) is 12.8. The van der Waals surface area contributed by atoms with Crippen molar-refractivity contribution in [2.45, 2.75) is 111 Å². The first kappa shape index (κ1) is 24.0. The van der Waals surface area contributed by atoms with Crippen molar-refractivity contribution in [2.75, 3.05) is 6.61 Å². The molecule has 1 spiro atoms. The number of fused-ring (bicyclic) bond motifs is 2. The molecule has 0 amide bonds. The van der Waals surface area contributed by atoms with Gasteiger partial charge in [0.1, 0.15) is 18.3 Å². The van der Waals surface area contributed by atoms with E-state index in [0.717, 1.165) is 51.4 Å². The lowest BCUT2D eigenvalue weighted by molar-refractivity contribution is -0.229. The first-order valence-corrected chi connectivity index (χ1v) is 12.9. The molecule has 182 valence electrons. The number of ether oxygens (including phenoxy) is 2. The largest absolute Gasteiger partial charge is 0.463 e. The van der Waals surface area contributed by atoms with Gasteiger partial charge in [-0.25, -0.2) is 0 Å². The van der Waals surface area contributed by atoms with Crippen LogP contribution >= 0.6 is 0 Å². The third-order valence-corrected chi connectivity index (χ3v) is 10.4. The van der Waals surface area contributed by atoms with Crippen LogP contribution in [0.25, 0.3) is 0 Å². The first-order chi connectivity index (χ1) is 14.8. The van der Waals surface area contributed by atoms with Gasteiger partial charge in [-0.3, -0.25) is 9.59 Å². The Bertz CT molecular complexity index is 759. The molecule has 2 bridgehead atoms. The van der Waals surface area contributed by atoms with Crippen molar-refractivity contribution >= 4 is 11.9 Å². The van der Waals surface area contributed by atoms with Gasteiger partial charge in [-0.15, -0.1) is 0 Å². The minimum Gasteiger partial charge on any atom is -0.463 e. The molecule has 0 aromatic heterocycles. The van der Waals surface area contributed by atoms with Gasteiger partial charge in [-0.2, -0.15) is 0 Å². The zero-order valence-corrected chi connectivity index (χ0v) is 21.0.